The van der Waals surface area contributed by atoms with Crippen molar-refractivity contribution in [3.8, 4) is 0 Å². The summed E-state index contributed by atoms with van der Waals surface area (Å²) in [6, 6.07) is 6.98. The van der Waals surface area contributed by atoms with Gasteiger partial charge in [-0.1, -0.05) is 18.2 Å². The largest absolute Gasteiger partial charge is 0.324 e. The molecule has 3 rings (SSSR count). The van der Waals surface area contributed by atoms with Gasteiger partial charge in [-0.05, 0) is 48.3 Å². The van der Waals surface area contributed by atoms with Gasteiger partial charge in [0.2, 0.25) is 0 Å². The third-order valence-corrected chi connectivity index (χ3v) is 3.58. The number of aryl methyl sites for hydroxylation is 1. The van der Waals surface area contributed by atoms with E-state index in [0.717, 1.165) is 5.92 Å². The van der Waals surface area contributed by atoms with Crippen molar-refractivity contribution in [1.29, 1.82) is 0 Å². The Morgan fingerprint density at radius 2 is 2.14 bits per heavy atom. The van der Waals surface area contributed by atoms with Crippen molar-refractivity contribution in [3.05, 3.63) is 34.9 Å². The van der Waals surface area contributed by atoms with Crippen LogP contribution >= 0.6 is 12.4 Å². The number of halogens is 1. The van der Waals surface area contributed by atoms with E-state index in [4.69, 9.17) is 5.73 Å². The number of rotatable bonds is 0. The minimum Gasteiger partial charge on any atom is -0.324 e. The Kier molecular flexibility index (Phi) is 2.54. The summed E-state index contributed by atoms with van der Waals surface area (Å²) in [5.41, 5.74) is 10.7. The molecule has 2 unspecified atom stereocenters. The van der Waals surface area contributed by atoms with Gasteiger partial charge >= 0.3 is 0 Å². The quantitative estimate of drug-likeness (QED) is 0.699. The van der Waals surface area contributed by atoms with Crippen molar-refractivity contribution < 1.29 is 0 Å². The minimum atomic E-state index is 0. The molecule has 14 heavy (non-hydrogen) atoms. The molecule has 76 valence electrons. The number of hydrogen-bond donors (Lipinski definition) is 1. The molecule has 2 aliphatic carbocycles. The van der Waals surface area contributed by atoms with Gasteiger partial charge in [0.15, 0.2) is 0 Å². The third-order valence-electron chi connectivity index (χ3n) is 3.58. The molecule has 0 bridgehead atoms. The van der Waals surface area contributed by atoms with E-state index in [0.29, 0.717) is 6.04 Å². The highest BCUT2D eigenvalue weighted by molar-refractivity contribution is 5.85. The Bertz CT molecular complexity index is 348. The first-order chi connectivity index (χ1) is 6.36. The molecule has 0 fully saturated rings. The van der Waals surface area contributed by atoms with E-state index in [-0.39, 0.29) is 12.4 Å². The monoisotopic (exact) mass is 209 g/mol. The summed E-state index contributed by atoms with van der Waals surface area (Å²) in [5.74, 6) is 0.787. The zero-order chi connectivity index (χ0) is 8.84. The molecule has 0 aromatic heterocycles. The van der Waals surface area contributed by atoms with E-state index in [9.17, 15) is 0 Å². The van der Waals surface area contributed by atoms with Gasteiger partial charge in [-0.2, -0.15) is 0 Å². The second-order valence-electron chi connectivity index (χ2n) is 4.35. The van der Waals surface area contributed by atoms with Crippen LogP contribution in [-0.2, 0) is 6.42 Å². The summed E-state index contributed by atoms with van der Waals surface area (Å²) in [4.78, 5) is 0. The normalized spacial score (nSPS) is 28.1. The van der Waals surface area contributed by atoms with Crippen LogP contribution in [0.15, 0.2) is 18.2 Å². The fourth-order valence-electron chi connectivity index (χ4n) is 3.02. The third kappa shape index (κ3) is 1.27. The molecule has 2 heteroatoms. The van der Waals surface area contributed by atoms with Crippen LogP contribution in [0.1, 0.15) is 47.9 Å². The van der Waals surface area contributed by atoms with Crippen LogP contribution in [0.5, 0.6) is 0 Å². The average Bonchev–Trinajstić information content (AvgIpc) is 2.47. The highest BCUT2D eigenvalue weighted by atomic mass is 35.5. The zero-order valence-electron chi connectivity index (χ0n) is 8.20. The SMILES string of the molecule is Cl.NC1CC2CCCc3cccc1c32. The first-order valence-corrected chi connectivity index (χ1v) is 5.23. The molecule has 1 aromatic carbocycles. The molecule has 0 aliphatic heterocycles. The van der Waals surface area contributed by atoms with E-state index in [1.165, 1.54) is 31.2 Å². The lowest BCUT2D eigenvalue weighted by molar-refractivity contribution is 0.525. The Morgan fingerprint density at radius 1 is 1.29 bits per heavy atom. The van der Waals surface area contributed by atoms with E-state index < -0.39 is 0 Å². The van der Waals surface area contributed by atoms with Crippen LogP contribution in [0.2, 0.25) is 0 Å². The van der Waals surface area contributed by atoms with Gasteiger partial charge in [0.05, 0.1) is 0 Å². The molecule has 1 nitrogen and oxygen atoms in total. The van der Waals surface area contributed by atoms with Crippen molar-refractivity contribution in [2.75, 3.05) is 0 Å². The van der Waals surface area contributed by atoms with Gasteiger partial charge in [0.25, 0.3) is 0 Å². The smallest absolute Gasteiger partial charge is 0.0303 e. The van der Waals surface area contributed by atoms with Crippen molar-refractivity contribution in [2.24, 2.45) is 5.73 Å². The maximum atomic E-state index is 6.11. The predicted octanol–water partition coefficient (Wildman–Crippen LogP) is 2.93. The number of hydrogen-bond acceptors (Lipinski definition) is 1. The maximum absolute atomic E-state index is 6.11. The molecule has 2 aliphatic rings. The molecular weight excluding hydrogens is 194 g/mol. The molecule has 0 saturated heterocycles. The molecule has 0 amide bonds. The van der Waals surface area contributed by atoms with E-state index in [2.05, 4.69) is 18.2 Å². The number of benzene rings is 1. The summed E-state index contributed by atoms with van der Waals surface area (Å²) in [7, 11) is 0. The van der Waals surface area contributed by atoms with Crippen LogP contribution in [-0.4, -0.2) is 0 Å². The Morgan fingerprint density at radius 3 is 3.00 bits per heavy atom. The summed E-state index contributed by atoms with van der Waals surface area (Å²) < 4.78 is 0. The highest BCUT2D eigenvalue weighted by Crippen LogP contribution is 2.46. The molecule has 0 heterocycles. The lowest BCUT2D eigenvalue weighted by Gasteiger charge is -2.20. The van der Waals surface area contributed by atoms with Crippen LogP contribution in [0.3, 0.4) is 0 Å². The predicted molar refractivity (Wildman–Crippen MR) is 60.9 cm³/mol. The zero-order valence-corrected chi connectivity index (χ0v) is 9.02. The summed E-state index contributed by atoms with van der Waals surface area (Å²) >= 11 is 0. The standard InChI is InChI=1S/C12H15N.ClH/c13-11-7-9-5-1-3-8-4-2-6-10(11)12(8)9;/h2,4,6,9,11H,1,3,5,7,13H2;1H. The van der Waals surface area contributed by atoms with Crippen molar-refractivity contribution in [3.63, 3.8) is 0 Å². The fourth-order valence-corrected chi connectivity index (χ4v) is 3.02. The van der Waals surface area contributed by atoms with Gasteiger partial charge in [0, 0.05) is 6.04 Å². The lowest BCUT2D eigenvalue weighted by Crippen LogP contribution is -2.05. The molecule has 0 spiro atoms. The first-order valence-electron chi connectivity index (χ1n) is 5.23. The summed E-state index contributed by atoms with van der Waals surface area (Å²) in [6.07, 6.45) is 5.17. The minimum absolute atomic E-state index is 0. The Labute approximate surface area is 91.1 Å². The van der Waals surface area contributed by atoms with Gasteiger partial charge in [0.1, 0.15) is 0 Å². The van der Waals surface area contributed by atoms with Crippen molar-refractivity contribution in [2.45, 2.75) is 37.6 Å². The van der Waals surface area contributed by atoms with Gasteiger partial charge in [-0.15, -0.1) is 12.4 Å². The van der Waals surface area contributed by atoms with Crippen molar-refractivity contribution in [1.82, 2.24) is 0 Å². The van der Waals surface area contributed by atoms with Crippen LogP contribution < -0.4 is 5.73 Å². The maximum Gasteiger partial charge on any atom is 0.0303 e. The molecular formula is C12H16ClN. The van der Waals surface area contributed by atoms with E-state index >= 15 is 0 Å². The van der Waals surface area contributed by atoms with Gasteiger partial charge < -0.3 is 5.73 Å². The summed E-state index contributed by atoms with van der Waals surface area (Å²) in [6.45, 7) is 0. The van der Waals surface area contributed by atoms with Gasteiger partial charge in [-0.3, -0.25) is 0 Å². The molecule has 1 aromatic rings. The second kappa shape index (κ2) is 3.56. The van der Waals surface area contributed by atoms with Crippen LogP contribution in [0.25, 0.3) is 0 Å². The molecule has 0 radical (unpaired) electrons. The van der Waals surface area contributed by atoms with Crippen LogP contribution in [0.4, 0.5) is 0 Å². The van der Waals surface area contributed by atoms with Gasteiger partial charge in [-0.25, -0.2) is 0 Å². The second-order valence-corrected chi connectivity index (χ2v) is 4.35. The number of nitrogens with two attached hydrogens (primary N) is 1. The fraction of sp³-hybridized carbons (Fsp3) is 0.500. The molecule has 0 saturated carbocycles. The van der Waals surface area contributed by atoms with Crippen molar-refractivity contribution >= 4 is 12.4 Å². The molecule has 2 atom stereocenters. The lowest BCUT2D eigenvalue weighted by atomic mass is 9.84. The Hall–Kier alpha value is -0.530. The summed E-state index contributed by atoms with van der Waals surface area (Å²) in [5, 5.41) is 0. The van der Waals surface area contributed by atoms with E-state index in [1.54, 1.807) is 11.1 Å². The molecule has 2 N–H and O–H groups in total. The Balaban J connectivity index is 0.000000750. The van der Waals surface area contributed by atoms with E-state index in [1.807, 2.05) is 0 Å². The topological polar surface area (TPSA) is 26.0 Å². The van der Waals surface area contributed by atoms with Crippen LogP contribution in [0, 0.1) is 0 Å². The average molecular weight is 210 g/mol. The first kappa shape index (κ1) is 10.0. The highest BCUT2D eigenvalue weighted by Gasteiger charge is 2.32.